The number of hydrogen-bond donors (Lipinski definition) is 2. The molecule has 0 saturated carbocycles. The molecule has 1 aliphatic heterocycles. The van der Waals surface area contributed by atoms with Crippen molar-refractivity contribution in [2.24, 2.45) is 0 Å². The number of benzene rings is 3. The monoisotopic (exact) mass is 420 g/mol. The van der Waals surface area contributed by atoms with Crippen molar-refractivity contribution in [2.75, 3.05) is 23.8 Å². The van der Waals surface area contributed by atoms with E-state index in [9.17, 15) is 8.78 Å². The maximum Gasteiger partial charge on any atom is 0.155 e. The molecule has 0 bridgehead atoms. The second kappa shape index (κ2) is 8.06. The Morgan fingerprint density at radius 3 is 2.77 bits per heavy atom. The van der Waals surface area contributed by atoms with Gasteiger partial charge in [0, 0.05) is 17.8 Å². The molecule has 0 spiro atoms. The molecular formula is C23H18F2N4O2. The number of nitrogens with zero attached hydrogens (tertiary/aromatic N) is 2. The molecule has 0 radical (unpaired) electrons. The molecule has 3 aromatic carbocycles. The van der Waals surface area contributed by atoms with E-state index < -0.39 is 11.6 Å². The first-order valence-electron chi connectivity index (χ1n) is 9.75. The normalized spacial score (nSPS) is 12.6. The van der Waals surface area contributed by atoms with E-state index in [4.69, 9.17) is 9.47 Å². The van der Waals surface area contributed by atoms with E-state index in [1.807, 2.05) is 24.3 Å². The van der Waals surface area contributed by atoms with Gasteiger partial charge in [0.05, 0.1) is 16.6 Å². The van der Waals surface area contributed by atoms with E-state index in [0.29, 0.717) is 18.2 Å². The summed E-state index contributed by atoms with van der Waals surface area (Å²) in [7, 11) is 0. The fourth-order valence-corrected chi connectivity index (χ4v) is 3.43. The maximum absolute atomic E-state index is 13.7. The predicted octanol–water partition coefficient (Wildman–Crippen LogP) is 5.03. The lowest BCUT2D eigenvalue weighted by Crippen LogP contribution is -2.18. The van der Waals surface area contributed by atoms with Crippen molar-refractivity contribution >= 4 is 28.1 Å². The summed E-state index contributed by atoms with van der Waals surface area (Å²) in [5.41, 5.74) is 2.63. The molecular weight excluding hydrogens is 402 g/mol. The Morgan fingerprint density at radius 1 is 1.03 bits per heavy atom. The van der Waals surface area contributed by atoms with Crippen LogP contribution in [-0.4, -0.2) is 23.1 Å². The molecule has 6 nitrogen and oxygen atoms in total. The summed E-state index contributed by atoms with van der Waals surface area (Å²) in [5.74, 6) is 0.880. The van der Waals surface area contributed by atoms with Crippen LogP contribution in [-0.2, 0) is 6.61 Å². The fraction of sp³-hybridized carbons (Fsp3) is 0.130. The van der Waals surface area contributed by atoms with Crippen molar-refractivity contribution in [1.82, 2.24) is 9.97 Å². The molecule has 2 N–H and O–H groups in total. The van der Waals surface area contributed by atoms with Gasteiger partial charge in [-0.15, -0.1) is 0 Å². The molecule has 0 amide bonds. The molecule has 8 heteroatoms. The number of fused-ring (bicyclic) bond motifs is 3. The van der Waals surface area contributed by atoms with Crippen LogP contribution in [0.1, 0.15) is 5.56 Å². The van der Waals surface area contributed by atoms with Gasteiger partial charge >= 0.3 is 0 Å². The van der Waals surface area contributed by atoms with Crippen LogP contribution in [0.2, 0.25) is 0 Å². The highest BCUT2D eigenvalue weighted by atomic mass is 19.1. The van der Waals surface area contributed by atoms with E-state index in [0.717, 1.165) is 52.8 Å². The van der Waals surface area contributed by atoms with E-state index in [-0.39, 0.29) is 12.2 Å². The van der Waals surface area contributed by atoms with Crippen molar-refractivity contribution in [2.45, 2.75) is 6.61 Å². The Hall–Kier alpha value is -3.94. The van der Waals surface area contributed by atoms with E-state index >= 15 is 0 Å². The van der Waals surface area contributed by atoms with E-state index in [2.05, 4.69) is 20.6 Å². The highest BCUT2D eigenvalue weighted by Gasteiger charge is 2.17. The average Bonchev–Trinajstić information content (AvgIpc) is 2.80. The van der Waals surface area contributed by atoms with Crippen LogP contribution < -0.4 is 20.1 Å². The summed E-state index contributed by atoms with van der Waals surface area (Å²) in [5, 5.41) is 7.40. The van der Waals surface area contributed by atoms with Gasteiger partial charge in [-0.05, 0) is 54.6 Å². The van der Waals surface area contributed by atoms with Crippen molar-refractivity contribution in [3.8, 4) is 11.5 Å². The predicted molar refractivity (Wildman–Crippen MR) is 114 cm³/mol. The minimum Gasteiger partial charge on any atom is -0.489 e. The number of aromatic nitrogens is 2. The van der Waals surface area contributed by atoms with Gasteiger partial charge in [0.1, 0.15) is 42.7 Å². The molecule has 5 rings (SSSR count). The van der Waals surface area contributed by atoms with Crippen molar-refractivity contribution in [3.63, 3.8) is 0 Å². The zero-order valence-corrected chi connectivity index (χ0v) is 16.4. The minimum atomic E-state index is -0.504. The average molecular weight is 420 g/mol. The van der Waals surface area contributed by atoms with Crippen LogP contribution in [0.15, 0.2) is 60.9 Å². The Balaban J connectivity index is 1.35. The summed E-state index contributed by atoms with van der Waals surface area (Å²) in [6.07, 6.45) is 1.50. The molecule has 1 aromatic heterocycles. The Labute approximate surface area is 176 Å². The van der Waals surface area contributed by atoms with Crippen molar-refractivity contribution < 1.29 is 18.3 Å². The smallest absolute Gasteiger partial charge is 0.155 e. The van der Waals surface area contributed by atoms with Gasteiger partial charge in [0.2, 0.25) is 0 Å². The highest BCUT2D eigenvalue weighted by Crippen LogP contribution is 2.39. The molecule has 1 aliphatic rings. The molecule has 0 unspecified atom stereocenters. The van der Waals surface area contributed by atoms with Gasteiger partial charge in [-0.25, -0.2) is 18.7 Å². The van der Waals surface area contributed by atoms with Crippen LogP contribution in [0.5, 0.6) is 11.5 Å². The van der Waals surface area contributed by atoms with Crippen LogP contribution in [0.25, 0.3) is 10.9 Å². The number of halogens is 2. The number of hydrogen-bond acceptors (Lipinski definition) is 6. The first kappa shape index (κ1) is 19.0. The third-order valence-corrected chi connectivity index (χ3v) is 4.94. The standard InChI is InChI=1S/C23H18F2N4O2/c24-15-1-6-18(25)14(11-15)12-31-17-4-2-16(3-5-17)29-23-21-19(27-13-28-23)7-8-20-22(21)30-10-9-26-20/h1-8,11,13,26H,9-10,12H2,(H,27,28,29). The molecule has 156 valence electrons. The SMILES string of the molecule is Fc1ccc(F)c(COc2ccc(Nc3ncnc4ccc5c(c34)OCCN5)cc2)c1. The van der Waals surface area contributed by atoms with Gasteiger partial charge in [-0.3, -0.25) is 0 Å². The number of ether oxygens (including phenoxy) is 2. The summed E-state index contributed by atoms with van der Waals surface area (Å²) in [6, 6.07) is 14.3. The number of anilines is 3. The van der Waals surface area contributed by atoms with Gasteiger partial charge in [0.25, 0.3) is 0 Å². The quantitative estimate of drug-likeness (QED) is 0.472. The zero-order valence-electron chi connectivity index (χ0n) is 16.4. The van der Waals surface area contributed by atoms with Gasteiger partial charge < -0.3 is 20.1 Å². The lowest BCUT2D eigenvalue weighted by atomic mass is 10.1. The molecule has 31 heavy (non-hydrogen) atoms. The second-order valence-corrected chi connectivity index (χ2v) is 7.01. The van der Waals surface area contributed by atoms with Gasteiger partial charge in [-0.2, -0.15) is 0 Å². The Morgan fingerprint density at radius 2 is 1.90 bits per heavy atom. The van der Waals surface area contributed by atoms with Crippen LogP contribution in [0, 0.1) is 11.6 Å². The third-order valence-electron chi connectivity index (χ3n) is 4.94. The summed E-state index contributed by atoms with van der Waals surface area (Å²) in [4.78, 5) is 8.72. The number of rotatable bonds is 5. The molecule has 0 aliphatic carbocycles. The van der Waals surface area contributed by atoms with Gasteiger partial charge in [-0.1, -0.05) is 0 Å². The molecule has 0 atom stereocenters. The van der Waals surface area contributed by atoms with Crippen molar-refractivity contribution in [3.05, 3.63) is 78.1 Å². The van der Waals surface area contributed by atoms with Crippen LogP contribution in [0.3, 0.4) is 0 Å². The lowest BCUT2D eigenvalue weighted by Gasteiger charge is -2.21. The first-order chi connectivity index (χ1) is 15.2. The zero-order chi connectivity index (χ0) is 21.2. The fourth-order valence-electron chi connectivity index (χ4n) is 3.43. The molecule has 2 heterocycles. The first-order valence-corrected chi connectivity index (χ1v) is 9.75. The molecule has 0 fully saturated rings. The van der Waals surface area contributed by atoms with Crippen LogP contribution in [0.4, 0.5) is 26.0 Å². The summed E-state index contributed by atoms with van der Waals surface area (Å²) >= 11 is 0. The Kier molecular flexibility index (Phi) is 4.95. The summed E-state index contributed by atoms with van der Waals surface area (Å²) in [6.45, 7) is 1.25. The maximum atomic E-state index is 13.7. The van der Waals surface area contributed by atoms with E-state index in [1.54, 1.807) is 12.1 Å². The van der Waals surface area contributed by atoms with E-state index in [1.165, 1.54) is 6.33 Å². The van der Waals surface area contributed by atoms with Crippen LogP contribution >= 0.6 is 0 Å². The minimum absolute atomic E-state index is 0.0661. The largest absolute Gasteiger partial charge is 0.489 e. The highest BCUT2D eigenvalue weighted by molar-refractivity contribution is 5.99. The van der Waals surface area contributed by atoms with Gasteiger partial charge in [0.15, 0.2) is 5.75 Å². The second-order valence-electron chi connectivity index (χ2n) is 7.01. The Bertz CT molecular complexity index is 1250. The summed E-state index contributed by atoms with van der Waals surface area (Å²) < 4.78 is 38.5. The topological polar surface area (TPSA) is 68.3 Å². The number of nitrogens with one attached hydrogen (secondary N) is 2. The molecule has 4 aromatic rings. The lowest BCUT2D eigenvalue weighted by molar-refractivity contribution is 0.299. The molecule has 0 saturated heterocycles. The third kappa shape index (κ3) is 3.92. The van der Waals surface area contributed by atoms with Crippen molar-refractivity contribution in [1.29, 1.82) is 0 Å².